The van der Waals surface area contributed by atoms with Crippen LogP contribution in [0.2, 0.25) is 0 Å². The second-order valence-electron chi connectivity index (χ2n) is 1.41. The number of amides is 1. The van der Waals surface area contributed by atoms with Gasteiger partial charge in [-0.25, -0.2) is 0 Å². The molecule has 0 bridgehead atoms. The van der Waals surface area contributed by atoms with Crippen molar-refractivity contribution < 1.29 is 4.79 Å². The highest BCUT2D eigenvalue weighted by Crippen LogP contribution is 1.96. The molecule has 5 heteroatoms. The number of halogens is 1. The molecule has 0 radical (unpaired) electrons. The second kappa shape index (κ2) is 3.45. The van der Waals surface area contributed by atoms with Crippen molar-refractivity contribution in [2.45, 2.75) is 4.83 Å². The van der Waals surface area contributed by atoms with Gasteiger partial charge in [0.05, 0.1) is 0 Å². The maximum absolute atomic E-state index is 10.3. The number of carbonyl (C=O) groups excluding carboxylic acids is 1. The van der Waals surface area contributed by atoms with E-state index in [-0.39, 0.29) is 5.84 Å². The lowest BCUT2D eigenvalue weighted by Gasteiger charge is -2.01. The Morgan fingerprint density at radius 3 is 2.22 bits per heavy atom. The van der Waals surface area contributed by atoms with Gasteiger partial charge in [0.25, 0.3) is 0 Å². The fourth-order valence-corrected chi connectivity index (χ4v) is 0.464. The molecule has 4 nitrogen and oxygen atoms in total. The number of aliphatic imine (C=N–C) groups is 1. The third kappa shape index (κ3) is 2.46. The van der Waals surface area contributed by atoms with Gasteiger partial charge in [0.2, 0.25) is 5.91 Å². The largest absolute Gasteiger partial charge is 0.386 e. The molecule has 0 heterocycles. The minimum Gasteiger partial charge on any atom is -0.386 e. The highest BCUT2D eigenvalue weighted by molar-refractivity contribution is 9.10. The van der Waals surface area contributed by atoms with Crippen molar-refractivity contribution in [1.29, 1.82) is 0 Å². The van der Waals surface area contributed by atoms with Gasteiger partial charge in [-0.1, -0.05) is 15.9 Å². The zero-order chi connectivity index (χ0) is 7.44. The van der Waals surface area contributed by atoms with E-state index in [1.165, 1.54) is 7.05 Å². The Bertz CT molecular complexity index is 145. The Hall–Kier alpha value is -0.580. The van der Waals surface area contributed by atoms with Crippen LogP contribution in [0.1, 0.15) is 0 Å². The molecule has 0 saturated carbocycles. The first-order valence-corrected chi connectivity index (χ1v) is 3.16. The fourth-order valence-electron chi connectivity index (χ4n) is 0.259. The molecule has 0 aliphatic rings. The van der Waals surface area contributed by atoms with Crippen molar-refractivity contribution in [3.63, 3.8) is 0 Å². The molecular formula is C4H8BrN3O. The number of nitrogens with zero attached hydrogens (tertiary/aromatic N) is 1. The third-order valence-electron chi connectivity index (χ3n) is 0.768. The van der Waals surface area contributed by atoms with Crippen molar-refractivity contribution in [2.24, 2.45) is 16.5 Å². The smallest absolute Gasteiger partial charge is 0.238 e. The van der Waals surface area contributed by atoms with Crippen LogP contribution >= 0.6 is 15.9 Å². The Morgan fingerprint density at radius 1 is 1.67 bits per heavy atom. The van der Waals surface area contributed by atoms with Crippen molar-refractivity contribution in [3.8, 4) is 0 Å². The van der Waals surface area contributed by atoms with Crippen LogP contribution < -0.4 is 11.5 Å². The van der Waals surface area contributed by atoms with E-state index in [2.05, 4.69) is 20.9 Å². The van der Waals surface area contributed by atoms with E-state index in [1.54, 1.807) is 0 Å². The Labute approximate surface area is 61.4 Å². The van der Waals surface area contributed by atoms with Crippen LogP contribution in [-0.2, 0) is 4.79 Å². The summed E-state index contributed by atoms with van der Waals surface area (Å²) in [5, 5.41) is 0. The van der Waals surface area contributed by atoms with Crippen LogP contribution in [0.3, 0.4) is 0 Å². The van der Waals surface area contributed by atoms with E-state index in [9.17, 15) is 4.79 Å². The van der Waals surface area contributed by atoms with Gasteiger partial charge in [0, 0.05) is 7.05 Å². The molecule has 4 N–H and O–H groups in total. The highest BCUT2D eigenvalue weighted by Gasteiger charge is 2.13. The maximum atomic E-state index is 10.3. The third-order valence-corrected chi connectivity index (χ3v) is 1.69. The van der Waals surface area contributed by atoms with Crippen LogP contribution in [0.15, 0.2) is 4.99 Å². The minimum absolute atomic E-state index is 0.197. The Balaban J connectivity index is 4.04. The number of nitrogens with two attached hydrogens (primary N) is 2. The number of hydrogen-bond donors (Lipinski definition) is 2. The normalized spacial score (nSPS) is 15.1. The summed E-state index contributed by atoms with van der Waals surface area (Å²) in [7, 11) is 1.49. The molecule has 0 aromatic rings. The summed E-state index contributed by atoms with van der Waals surface area (Å²) in [5.41, 5.74) is 10.1. The summed E-state index contributed by atoms with van der Waals surface area (Å²) in [6, 6.07) is 0. The maximum Gasteiger partial charge on any atom is 0.238 e. The lowest BCUT2D eigenvalue weighted by atomic mass is 10.4. The molecule has 0 rings (SSSR count). The van der Waals surface area contributed by atoms with Gasteiger partial charge in [-0.3, -0.25) is 9.79 Å². The number of amidine groups is 1. The first kappa shape index (κ1) is 8.42. The zero-order valence-electron chi connectivity index (χ0n) is 4.97. The minimum atomic E-state index is -0.637. The topological polar surface area (TPSA) is 81.5 Å². The Morgan fingerprint density at radius 2 is 2.11 bits per heavy atom. The number of primary amides is 1. The van der Waals surface area contributed by atoms with Crippen LogP contribution in [0.5, 0.6) is 0 Å². The van der Waals surface area contributed by atoms with Gasteiger partial charge in [-0.2, -0.15) is 0 Å². The summed E-state index contributed by atoms with van der Waals surface area (Å²) >= 11 is 2.94. The van der Waals surface area contributed by atoms with Crippen molar-refractivity contribution >= 4 is 27.7 Å². The monoisotopic (exact) mass is 193 g/mol. The quantitative estimate of drug-likeness (QED) is 0.343. The van der Waals surface area contributed by atoms with Gasteiger partial charge < -0.3 is 11.5 Å². The zero-order valence-corrected chi connectivity index (χ0v) is 6.55. The van der Waals surface area contributed by atoms with Gasteiger partial charge in [-0.05, 0) is 0 Å². The lowest BCUT2D eigenvalue weighted by Crippen LogP contribution is -2.35. The standard InChI is InChI=1S/C4H8BrN3O/c1-8-3(6)2(5)4(7)9/h2H,1H3,(H2,6,8)(H2,7,9). The number of carbonyl (C=O) groups is 1. The van der Waals surface area contributed by atoms with Crippen molar-refractivity contribution in [1.82, 2.24) is 0 Å². The molecule has 0 aromatic heterocycles. The SMILES string of the molecule is CN=C(N)C(Br)C(N)=O. The van der Waals surface area contributed by atoms with Gasteiger partial charge >= 0.3 is 0 Å². The molecule has 52 valence electrons. The van der Waals surface area contributed by atoms with E-state index < -0.39 is 10.7 Å². The highest BCUT2D eigenvalue weighted by atomic mass is 79.9. The summed E-state index contributed by atoms with van der Waals surface area (Å²) in [6.07, 6.45) is 0. The molecule has 0 aromatic carbocycles. The molecule has 0 aliphatic heterocycles. The van der Waals surface area contributed by atoms with Gasteiger partial charge in [0.1, 0.15) is 10.7 Å². The molecular weight excluding hydrogens is 186 g/mol. The molecule has 1 amide bonds. The molecule has 0 spiro atoms. The molecule has 9 heavy (non-hydrogen) atoms. The van der Waals surface area contributed by atoms with Gasteiger partial charge in [0.15, 0.2) is 0 Å². The molecule has 0 saturated heterocycles. The number of rotatable bonds is 2. The molecule has 1 unspecified atom stereocenters. The molecule has 0 aliphatic carbocycles. The Kier molecular flexibility index (Phi) is 3.22. The predicted octanol–water partition coefficient (Wildman–Crippen LogP) is -0.778. The summed E-state index contributed by atoms with van der Waals surface area (Å²) in [4.78, 5) is 13.2. The van der Waals surface area contributed by atoms with Gasteiger partial charge in [-0.15, -0.1) is 0 Å². The molecule has 0 fully saturated rings. The van der Waals surface area contributed by atoms with E-state index in [0.29, 0.717) is 0 Å². The summed E-state index contributed by atoms with van der Waals surface area (Å²) in [6.45, 7) is 0. The van der Waals surface area contributed by atoms with Crippen molar-refractivity contribution in [3.05, 3.63) is 0 Å². The lowest BCUT2D eigenvalue weighted by molar-refractivity contribution is -0.116. The van der Waals surface area contributed by atoms with E-state index >= 15 is 0 Å². The first-order valence-electron chi connectivity index (χ1n) is 2.25. The average molecular weight is 194 g/mol. The van der Waals surface area contributed by atoms with E-state index in [1.807, 2.05) is 0 Å². The van der Waals surface area contributed by atoms with Crippen molar-refractivity contribution in [2.75, 3.05) is 7.05 Å². The second-order valence-corrected chi connectivity index (χ2v) is 2.33. The number of alkyl halides is 1. The summed E-state index contributed by atoms with van der Waals surface area (Å²) < 4.78 is 0. The first-order chi connectivity index (χ1) is 4.09. The average Bonchev–Trinajstić information content (AvgIpc) is 1.84. The van der Waals surface area contributed by atoms with Crippen LogP contribution in [0.4, 0.5) is 0 Å². The number of hydrogen-bond acceptors (Lipinski definition) is 2. The molecule has 1 atom stereocenters. The van der Waals surface area contributed by atoms with Crippen LogP contribution in [-0.4, -0.2) is 23.6 Å². The van der Waals surface area contributed by atoms with Crippen LogP contribution in [0, 0.1) is 0 Å². The summed E-state index contributed by atoms with van der Waals surface area (Å²) in [5.74, 6) is -0.333. The van der Waals surface area contributed by atoms with Crippen LogP contribution in [0.25, 0.3) is 0 Å². The van der Waals surface area contributed by atoms with E-state index in [4.69, 9.17) is 11.5 Å². The van der Waals surface area contributed by atoms with E-state index in [0.717, 1.165) is 0 Å². The fraction of sp³-hybridized carbons (Fsp3) is 0.500. The predicted molar refractivity (Wildman–Crippen MR) is 39.5 cm³/mol.